The maximum atomic E-state index is 12.5. The zero-order chi connectivity index (χ0) is 19.5. The third-order valence-corrected chi connectivity index (χ3v) is 4.74. The predicted octanol–water partition coefficient (Wildman–Crippen LogP) is 6.18. The number of thioether (sulfide) groups is 1. The zero-order valence-corrected chi connectivity index (χ0v) is 15.1. The number of aromatic carboxylic acids is 1. The summed E-state index contributed by atoms with van der Waals surface area (Å²) in [5.74, 6) is -1.19. The first-order valence-electron chi connectivity index (χ1n) is 6.90. The highest BCUT2D eigenvalue weighted by Crippen LogP contribution is 2.31. The van der Waals surface area contributed by atoms with Gasteiger partial charge in [0.15, 0.2) is 0 Å². The maximum Gasteiger partial charge on any atom is 0.416 e. The third-order valence-electron chi connectivity index (χ3n) is 3.18. The molecule has 4 nitrogen and oxygen atoms in total. The molecule has 0 spiro atoms. The molecule has 10 heteroatoms. The lowest BCUT2D eigenvalue weighted by Gasteiger charge is -2.10. The Morgan fingerprint density at radius 3 is 2.19 bits per heavy atom. The first kappa shape index (κ1) is 20.4. The summed E-state index contributed by atoms with van der Waals surface area (Å²) in [7, 11) is 0. The van der Waals surface area contributed by atoms with E-state index in [2.05, 4.69) is 5.32 Å². The van der Waals surface area contributed by atoms with Crippen molar-refractivity contribution in [2.24, 2.45) is 0 Å². The molecule has 2 aromatic carbocycles. The maximum absolute atomic E-state index is 12.5. The van der Waals surface area contributed by atoms with Crippen LogP contribution in [-0.4, -0.2) is 16.3 Å². The highest BCUT2D eigenvalue weighted by atomic mass is 35.5. The van der Waals surface area contributed by atoms with Crippen molar-refractivity contribution >= 4 is 51.9 Å². The minimum Gasteiger partial charge on any atom is -0.478 e. The Morgan fingerprint density at radius 1 is 1.08 bits per heavy atom. The highest BCUT2D eigenvalue weighted by Gasteiger charge is 2.29. The molecule has 0 radical (unpaired) electrons. The Balaban J connectivity index is 2.03. The van der Waals surface area contributed by atoms with Crippen molar-refractivity contribution in [3.63, 3.8) is 0 Å². The first-order chi connectivity index (χ1) is 12.1. The summed E-state index contributed by atoms with van der Waals surface area (Å²) in [6.45, 7) is 0. The van der Waals surface area contributed by atoms with Crippen LogP contribution in [0.1, 0.15) is 21.5 Å². The second-order valence-electron chi connectivity index (χ2n) is 5.01. The van der Waals surface area contributed by atoms with E-state index in [9.17, 15) is 22.8 Å². The first-order valence-corrected chi connectivity index (χ1v) is 8.64. The monoisotopic (exact) mass is 423 g/mol. The molecular formula is C16H10Cl2F3NO3S. The van der Waals surface area contributed by atoms with Crippen LogP contribution in [0.2, 0.25) is 10.0 Å². The van der Waals surface area contributed by atoms with E-state index in [1.807, 2.05) is 0 Å². The Labute approximate surface area is 160 Å². The average Bonchev–Trinajstić information content (AvgIpc) is 2.55. The average molecular weight is 424 g/mol. The Kier molecular flexibility index (Phi) is 6.44. The molecule has 0 saturated heterocycles. The van der Waals surface area contributed by atoms with Crippen molar-refractivity contribution in [1.82, 2.24) is 0 Å². The van der Waals surface area contributed by atoms with E-state index in [1.54, 1.807) is 0 Å². The van der Waals surface area contributed by atoms with Gasteiger partial charge in [0.25, 0.3) is 5.24 Å². The van der Waals surface area contributed by atoms with Gasteiger partial charge in [0.2, 0.25) is 0 Å². The zero-order valence-electron chi connectivity index (χ0n) is 12.7. The second-order valence-corrected chi connectivity index (χ2v) is 6.78. The number of anilines is 1. The van der Waals surface area contributed by atoms with Crippen molar-refractivity contribution in [3.8, 4) is 0 Å². The van der Waals surface area contributed by atoms with Gasteiger partial charge in [-0.05, 0) is 29.8 Å². The number of carboxylic acids is 1. The van der Waals surface area contributed by atoms with Gasteiger partial charge in [-0.3, -0.25) is 4.79 Å². The number of benzene rings is 2. The van der Waals surface area contributed by atoms with E-state index < -0.39 is 22.9 Å². The quantitative estimate of drug-likeness (QED) is 0.616. The van der Waals surface area contributed by atoms with Crippen LogP contribution in [-0.2, 0) is 11.9 Å². The Bertz CT molecular complexity index is 842. The van der Waals surface area contributed by atoms with Crippen LogP contribution in [0.25, 0.3) is 0 Å². The summed E-state index contributed by atoms with van der Waals surface area (Å²) < 4.78 is 37.5. The normalized spacial score (nSPS) is 11.3. The molecule has 2 rings (SSSR count). The molecule has 0 bridgehead atoms. The summed E-state index contributed by atoms with van der Waals surface area (Å²) in [5.41, 5.74) is -0.539. The van der Waals surface area contributed by atoms with Crippen molar-refractivity contribution < 1.29 is 27.9 Å². The minimum atomic E-state index is -4.43. The number of carboxylic acid groups (broad SMARTS) is 1. The number of rotatable bonds is 4. The van der Waals surface area contributed by atoms with Gasteiger partial charge in [-0.2, -0.15) is 13.2 Å². The van der Waals surface area contributed by atoms with E-state index in [-0.39, 0.29) is 27.0 Å². The fourth-order valence-electron chi connectivity index (χ4n) is 1.91. The third kappa shape index (κ3) is 5.30. The molecule has 0 heterocycles. The fourth-order valence-corrected chi connectivity index (χ4v) is 2.91. The highest BCUT2D eigenvalue weighted by molar-refractivity contribution is 8.13. The van der Waals surface area contributed by atoms with Crippen LogP contribution in [0.5, 0.6) is 0 Å². The van der Waals surface area contributed by atoms with Crippen LogP contribution in [0.4, 0.5) is 23.7 Å². The molecule has 0 saturated carbocycles. The number of hydrogen-bond donors (Lipinski definition) is 2. The van der Waals surface area contributed by atoms with Gasteiger partial charge in [-0.1, -0.05) is 47.1 Å². The SMILES string of the molecule is O=C(Nc1cc(Cl)c(Cl)cc1C(=O)O)SCc1ccc(C(F)(F)F)cc1. The minimum absolute atomic E-state index is 0.0273. The van der Waals surface area contributed by atoms with Crippen LogP contribution in [0.15, 0.2) is 36.4 Å². The lowest BCUT2D eigenvalue weighted by atomic mass is 10.1. The van der Waals surface area contributed by atoms with E-state index in [0.717, 1.165) is 30.0 Å². The van der Waals surface area contributed by atoms with Crippen LogP contribution >= 0.6 is 35.0 Å². The van der Waals surface area contributed by atoms with Gasteiger partial charge >= 0.3 is 12.1 Å². The number of amides is 1. The fraction of sp³-hybridized carbons (Fsp3) is 0.125. The number of carbonyl (C=O) groups is 2. The van der Waals surface area contributed by atoms with Crippen molar-refractivity contribution in [1.29, 1.82) is 0 Å². The molecule has 26 heavy (non-hydrogen) atoms. The molecule has 2 N–H and O–H groups in total. The van der Waals surface area contributed by atoms with Crippen LogP contribution in [0, 0.1) is 0 Å². The van der Waals surface area contributed by atoms with Gasteiger partial charge < -0.3 is 10.4 Å². The smallest absolute Gasteiger partial charge is 0.416 e. The molecule has 2 aromatic rings. The molecule has 0 aromatic heterocycles. The summed E-state index contributed by atoms with van der Waals surface area (Å²) in [6, 6.07) is 6.72. The molecule has 0 aliphatic heterocycles. The van der Waals surface area contributed by atoms with Crippen molar-refractivity contribution in [3.05, 3.63) is 63.1 Å². The molecule has 0 aliphatic rings. The van der Waals surface area contributed by atoms with Crippen molar-refractivity contribution in [2.45, 2.75) is 11.9 Å². The van der Waals surface area contributed by atoms with Crippen LogP contribution < -0.4 is 5.32 Å². The molecule has 138 valence electrons. The van der Waals surface area contributed by atoms with Gasteiger partial charge in [0, 0.05) is 5.75 Å². The lowest BCUT2D eigenvalue weighted by Crippen LogP contribution is -2.10. The van der Waals surface area contributed by atoms with Gasteiger partial charge in [0.1, 0.15) is 0 Å². The molecule has 0 aliphatic carbocycles. The van der Waals surface area contributed by atoms with E-state index in [0.29, 0.717) is 5.56 Å². The number of alkyl halides is 3. The van der Waals surface area contributed by atoms with E-state index in [4.69, 9.17) is 28.3 Å². The Morgan fingerprint density at radius 2 is 1.65 bits per heavy atom. The number of halogens is 5. The summed E-state index contributed by atoms with van der Waals surface area (Å²) in [4.78, 5) is 23.2. The standard InChI is InChI=1S/C16H10Cl2F3NO3S/c17-11-5-10(14(23)24)13(6-12(11)18)22-15(25)26-7-8-1-3-9(4-2-8)16(19,20)21/h1-6H,7H2,(H,22,25)(H,23,24). The van der Waals surface area contributed by atoms with Gasteiger partial charge in [0.05, 0.1) is 26.9 Å². The second kappa shape index (κ2) is 8.20. The van der Waals surface area contributed by atoms with Gasteiger partial charge in [-0.15, -0.1) is 0 Å². The topological polar surface area (TPSA) is 66.4 Å². The summed E-state index contributed by atoms with van der Waals surface area (Å²) >= 11 is 12.4. The van der Waals surface area contributed by atoms with Gasteiger partial charge in [-0.25, -0.2) is 4.79 Å². The number of carbonyl (C=O) groups excluding carboxylic acids is 1. The molecule has 1 amide bonds. The Hall–Kier alpha value is -1.90. The van der Waals surface area contributed by atoms with Crippen molar-refractivity contribution in [2.75, 3.05) is 5.32 Å². The summed E-state index contributed by atoms with van der Waals surface area (Å²) in [5, 5.41) is 11.0. The predicted molar refractivity (Wildman–Crippen MR) is 95.2 cm³/mol. The molecule has 0 fully saturated rings. The molecule has 0 atom stereocenters. The largest absolute Gasteiger partial charge is 0.478 e. The molecular weight excluding hydrogens is 414 g/mol. The van der Waals surface area contributed by atoms with E-state index in [1.165, 1.54) is 18.2 Å². The number of nitrogens with one attached hydrogen (secondary N) is 1. The van der Waals surface area contributed by atoms with Crippen LogP contribution in [0.3, 0.4) is 0 Å². The van der Waals surface area contributed by atoms with E-state index >= 15 is 0 Å². The molecule has 0 unspecified atom stereocenters. The lowest BCUT2D eigenvalue weighted by molar-refractivity contribution is -0.137. The number of hydrogen-bond acceptors (Lipinski definition) is 3. The summed E-state index contributed by atoms with van der Waals surface area (Å²) in [6.07, 6.45) is -4.43.